The van der Waals surface area contributed by atoms with E-state index >= 15 is 0 Å². The normalized spacial score (nSPS) is 20.8. The molecule has 1 aliphatic rings. The van der Waals surface area contributed by atoms with Gasteiger partial charge in [0.2, 0.25) is 0 Å². The van der Waals surface area contributed by atoms with E-state index in [1.807, 2.05) is 6.92 Å². The number of nitrogens with zero attached hydrogens (tertiary/aromatic N) is 1. The van der Waals surface area contributed by atoms with Gasteiger partial charge in [-0.05, 0) is 38.3 Å². The summed E-state index contributed by atoms with van der Waals surface area (Å²) in [7, 11) is -3.46. The van der Waals surface area contributed by atoms with E-state index in [1.165, 1.54) is 15.6 Å². The van der Waals surface area contributed by atoms with E-state index in [1.54, 1.807) is 12.1 Å². The van der Waals surface area contributed by atoms with Crippen LogP contribution in [0.2, 0.25) is 0 Å². The van der Waals surface area contributed by atoms with E-state index in [0.717, 1.165) is 17.7 Å². The molecular formula is C12H17NO4S2. The molecule has 19 heavy (non-hydrogen) atoms. The third-order valence-electron chi connectivity index (χ3n) is 3.29. The van der Waals surface area contributed by atoms with Crippen LogP contribution >= 0.6 is 11.3 Å². The number of sulfonamides is 1. The van der Waals surface area contributed by atoms with Crippen molar-refractivity contribution in [3.8, 4) is 0 Å². The molecule has 1 aliphatic heterocycles. The Morgan fingerprint density at radius 2 is 2.26 bits per heavy atom. The average molecular weight is 303 g/mol. The van der Waals surface area contributed by atoms with Crippen LogP contribution in [0.15, 0.2) is 16.3 Å². The molecule has 2 heterocycles. The Labute approximate surface area is 116 Å². The van der Waals surface area contributed by atoms with Gasteiger partial charge >= 0.3 is 5.97 Å². The molecule has 1 aromatic rings. The molecule has 7 heteroatoms. The van der Waals surface area contributed by atoms with Gasteiger partial charge in [-0.2, -0.15) is 4.31 Å². The van der Waals surface area contributed by atoms with E-state index in [9.17, 15) is 13.2 Å². The Morgan fingerprint density at radius 3 is 2.84 bits per heavy atom. The van der Waals surface area contributed by atoms with Gasteiger partial charge in [0, 0.05) is 23.9 Å². The van der Waals surface area contributed by atoms with Crippen molar-refractivity contribution in [2.75, 3.05) is 6.54 Å². The Hall–Kier alpha value is -0.920. The molecule has 0 aliphatic carbocycles. The highest BCUT2D eigenvalue weighted by atomic mass is 32.2. The largest absolute Gasteiger partial charge is 0.481 e. The van der Waals surface area contributed by atoms with Crippen LogP contribution in [0.1, 0.15) is 30.6 Å². The van der Waals surface area contributed by atoms with Gasteiger partial charge in [0.25, 0.3) is 10.0 Å². The molecule has 0 bridgehead atoms. The first-order chi connectivity index (χ1) is 8.91. The number of aryl methyl sites for hydroxylation is 1. The molecule has 1 aromatic heterocycles. The first-order valence-electron chi connectivity index (χ1n) is 6.21. The number of hydrogen-bond acceptors (Lipinski definition) is 4. The lowest BCUT2D eigenvalue weighted by atomic mass is 10.1. The van der Waals surface area contributed by atoms with Gasteiger partial charge in [-0.25, -0.2) is 8.42 Å². The zero-order chi connectivity index (χ0) is 14.0. The van der Waals surface area contributed by atoms with Crippen LogP contribution in [0.4, 0.5) is 0 Å². The molecule has 0 saturated carbocycles. The first kappa shape index (κ1) is 14.5. The molecule has 0 spiro atoms. The summed E-state index contributed by atoms with van der Waals surface area (Å²) in [6.45, 7) is 2.36. The molecule has 0 radical (unpaired) electrons. The summed E-state index contributed by atoms with van der Waals surface area (Å²) < 4.78 is 26.8. The minimum Gasteiger partial charge on any atom is -0.481 e. The molecule has 1 fully saturated rings. The highest BCUT2D eigenvalue weighted by Crippen LogP contribution is 2.31. The molecule has 1 atom stereocenters. The van der Waals surface area contributed by atoms with Gasteiger partial charge in [-0.15, -0.1) is 11.3 Å². The number of carboxylic acid groups (broad SMARTS) is 1. The number of rotatable bonds is 5. The highest BCUT2D eigenvalue weighted by molar-refractivity contribution is 7.91. The molecule has 5 nitrogen and oxygen atoms in total. The minimum absolute atomic E-state index is 0.0140. The molecule has 2 rings (SSSR count). The lowest BCUT2D eigenvalue weighted by molar-refractivity contribution is -0.137. The molecule has 0 aromatic carbocycles. The van der Waals surface area contributed by atoms with Crippen molar-refractivity contribution in [1.82, 2.24) is 4.31 Å². The van der Waals surface area contributed by atoms with Gasteiger partial charge in [-0.3, -0.25) is 4.79 Å². The topological polar surface area (TPSA) is 74.7 Å². The smallest absolute Gasteiger partial charge is 0.303 e. The maximum absolute atomic E-state index is 12.5. The zero-order valence-corrected chi connectivity index (χ0v) is 12.3. The summed E-state index contributed by atoms with van der Waals surface area (Å²) in [5.74, 6) is -0.879. The fourth-order valence-corrected chi connectivity index (χ4v) is 5.51. The summed E-state index contributed by atoms with van der Waals surface area (Å²) in [5, 5.41) is 8.72. The maximum Gasteiger partial charge on any atom is 0.303 e. The minimum atomic E-state index is -3.46. The van der Waals surface area contributed by atoms with Crippen molar-refractivity contribution < 1.29 is 18.3 Å². The summed E-state index contributed by atoms with van der Waals surface area (Å²) in [6.07, 6.45) is 1.95. The molecule has 1 N–H and O–H groups in total. The van der Waals surface area contributed by atoms with Gasteiger partial charge in [0.05, 0.1) is 0 Å². The summed E-state index contributed by atoms with van der Waals surface area (Å²) >= 11 is 1.26. The van der Waals surface area contributed by atoms with Gasteiger partial charge in [0.15, 0.2) is 0 Å². The Kier molecular flexibility index (Phi) is 4.27. The second-order valence-electron chi connectivity index (χ2n) is 4.71. The van der Waals surface area contributed by atoms with Crippen molar-refractivity contribution in [3.05, 3.63) is 17.0 Å². The number of aliphatic carboxylic acids is 1. The van der Waals surface area contributed by atoms with Crippen molar-refractivity contribution in [1.29, 1.82) is 0 Å². The summed E-state index contributed by atoms with van der Waals surface area (Å²) in [5.41, 5.74) is 0. The molecule has 1 saturated heterocycles. The van der Waals surface area contributed by atoms with Crippen molar-refractivity contribution in [2.24, 2.45) is 0 Å². The van der Waals surface area contributed by atoms with Crippen molar-refractivity contribution >= 4 is 27.3 Å². The predicted octanol–water partition coefficient (Wildman–Crippen LogP) is 2.07. The molecular weight excluding hydrogens is 286 g/mol. The van der Waals surface area contributed by atoms with Gasteiger partial charge < -0.3 is 5.11 Å². The lowest BCUT2D eigenvalue weighted by Gasteiger charge is -2.22. The molecule has 1 unspecified atom stereocenters. The van der Waals surface area contributed by atoms with Gasteiger partial charge in [0.1, 0.15) is 4.21 Å². The third-order valence-corrected chi connectivity index (χ3v) is 6.71. The molecule has 0 amide bonds. The SMILES string of the molecule is Cc1ccc(S(=O)(=O)N2CCCC2CCC(=O)O)s1. The Balaban J connectivity index is 2.17. The van der Waals surface area contributed by atoms with E-state index in [2.05, 4.69) is 0 Å². The Bertz CT molecular complexity index is 564. The standard InChI is InChI=1S/C12H17NO4S2/c1-9-4-7-12(18-9)19(16,17)13-8-2-3-10(13)5-6-11(14)15/h4,7,10H,2-3,5-6,8H2,1H3,(H,14,15). The fraction of sp³-hybridized carbons (Fsp3) is 0.583. The Morgan fingerprint density at radius 1 is 1.53 bits per heavy atom. The van der Waals surface area contributed by atoms with Crippen LogP contribution in [-0.4, -0.2) is 36.4 Å². The van der Waals surface area contributed by atoms with Crippen molar-refractivity contribution in [3.63, 3.8) is 0 Å². The lowest BCUT2D eigenvalue weighted by Crippen LogP contribution is -2.35. The number of carboxylic acids is 1. The zero-order valence-electron chi connectivity index (χ0n) is 10.7. The maximum atomic E-state index is 12.5. The second-order valence-corrected chi connectivity index (χ2v) is 8.11. The van der Waals surface area contributed by atoms with E-state index in [-0.39, 0.29) is 12.5 Å². The van der Waals surface area contributed by atoms with E-state index in [0.29, 0.717) is 17.2 Å². The number of thiophene rings is 1. The van der Waals surface area contributed by atoms with Crippen LogP contribution in [0, 0.1) is 6.92 Å². The van der Waals surface area contributed by atoms with E-state index in [4.69, 9.17) is 5.11 Å². The summed E-state index contributed by atoms with van der Waals surface area (Å²) in [6, 6.07) is 3.24. The van der Waals surface area contributed by atoms with Crippen molar-refractivity contribution in [2.45, 2.75) is 42.9 Å². The molecule has 106 valence electrons. The summed E-state index contributed by atoms with van der Waals surface area (Å²) in [4.78, 5) is 11.6. The van der Waals surface area contributed by atoms with Crippen LogP contribution in [-0.2, 0) is 14.8 Å². The fourth-order valence-electron chi connectivity index (χ4n) is 2.37. The number of hydrogen-bond donors (Lipinski definition) is 1. The second kappa shape index (κ2) is 5.60. The van der Waals surface area contributed by atoms with Crippen LogP contribution in [0.3, 0.4) is 0 Å². The van der Waals surface area contributed by atoms with Gasteiger partial charge in [-0.1, -0.05) is 0 Å². The van der Waals surface area contributed by atoms with Crippen LogP contribution < -0.4 is 0 Å². The van der Waals surface area contributed by atoms with Crippen LogP contribution in [0.5, 0.6) is 0 Å². The van der Waals surface area contributed by atoms with Crippen LogP contribution in [0.25, 0.3) is 0 Å². The first-order valence-corrected chi connectivity index (χ1v) is 8.47. The quantitative estimate of drug-likeness (QED) is 0.903. The average Bonchev–Trinajstić information content (AvgIpc) is 2.94. The number of carbonyl (C=O) groups is 1. The highest BCUT2D eigenvalue weighted by Gasteiger charge is 2.35. The predicted molar refractivity (Wildman–Crippen MR) is 72.8 cm³/mol. The third kappa shape index (κ3) is 3.16. The monoisotopic (exact) mass is 303 g/mol. The van der Waals surface area contributed by atoms with E-state index < -0.39 is 16.0 Å².